The third-order valence-electron chi connectivity index (χ3n) is 3.69. The number of unbranched alkanes of at least 4 members (excludes halogenated alkanes) is 2. The Morgan fingerprint density at radius 2 is 1.74 bits per heavy atom. The Balaban J connectivity index is 2.94. The molecule has 0 saturated carbocycles. The Bertz CT molecular complexity index is 512. The number of amides is 1. The Kier molecular flexibility index (Phi) is 7.59. The van der Waals surface area contributed by atoms with Crippen LogP contribution in [0.15, 0.2) is 16.6 Å². The van der Waals surface area contributed by atoms with Crippen molar-refractivity contribution in [2.45, 2.75) is 73.0 Å². The molecule has 23 heavy (non-hydrogen) atoms. The number of aryl methyl sites for hydroxylation is 2. The van der Waals surface area contributed by atoms with E-state index in [0.29, 0.717) is 6.54 Å². The summed E-state index contributed by atoms with van der Waals surface area (Å²) in [6.45, 7) is 13.4. The van der Waals surface area contributed by atoms with Crippen LogP contribution in [0.4, 0.5) is 4.79 Å². The minimum Gasteiger partial charge on any atom is -0.444 e. The van der Waals surface area contributed by atoms with E-state index in [1.807, 2.05) is 25.7 Å². The molecule has 0 aromatic heterocycles. The summed E-state index contributed by atoms with van der Waals surface area (Å²) in [5.74, 6) is 0. The Morgan fingerprint density at radius 1 is 1.17 bits per heavy atom. The van der Waals surface area contributed by atoms with Crippen molar-refractivity contribution in [1.82, 2.24) is 4.90 Å². The molecule has 1 rings (SSSR count). The zero-order valence-electron chi connectivity index (χ0n) is 15.3. The van der Waals surface area contributed by atoms with Crippen LogP contribution in [0, 0.1) is 13.8 Å². The predicted octanol–water partition coefficient (Wildman–Crippen LogP) is 5.99. The van der Waals surface area contributed by atoms with Gasteiger partial charge in [-0.05, 0) is 69.9 Å². The molecule has 0 heterocycles. The lowest BCUT2D eigenvalue weighted by Gasteiger charge is -2.28. The molecule has 0 aliphatic carbocycles. The SMILES string of the molecule is CCCCCN(Cc1c(C)cc(Br)cc1C)C(=O)OC(C)(C)C. The molecule has 1 aromatic carbocycles. The van der Waals surface area contributed by atoms with Gasteiger partial charge in [0.15, 0.2) is 0 Å². The first kappa shape index (κ1) is 20.0. The van der Waals surface area contributed by atoms with Gasteiger partial charge in [0, 0.05) is 17.6 Å². The van der Waals surface area contributed by atoms with Crippen LogP contribution in [0.5, 0.6) is 0 Å². The van der Waals surface area contributed by atoms with E-state index in [0.717, 1.165) is 30.3 Å². The Morgan fingerprint density at radius 3 is 2.22 bits per heavy atom. The predicted molar refractivity (Wildman–Crippen MR) is 99.8 cm³/mol. The zero-order valence-corrected chi connectivity index (χ0v) is 16.9. The van der Waals surface area contributed by atoms with Crippen LogP contribution in [0.25, 0.3) is 0 Å². The summed E-state index contributed by atoms with van der Waals surface area (Å²) in [4.78, 5) is 14.4. The number of halogens is 1. The highest BCUT2D eigenvalue weighted by Gasteiger charge is 2.23. The summed E-state index contributed by atoms with van der Waals surface area (Å²) >= 11 is 3.53. The van der Waals surface area contributed by atoms with Crippen molar-refractivity contribution in [3.63, 3.8) is 0 Å². The van der Waals surface area contributed by atoms with Gasteiger partial charge in [-0.25, -0.2) is 4.79 Å². The van der Waals surface area contributed by atoms with Crippen LogP contribution < -0.4 is 0 Å². The highest BCUT2D eigenvalue weighted by molar-refractivity contribution is 9.10. The monoisotopic (exact) mass is 383 g/mol. The van der Waals surface area contributed by atoms with Crippen LogP contribution in [0.3, 0.4) is 0 Å². The second-order valence-corrected chi connectivity index (χ2v) is 8.04. The van der Waals surface area contributed by atoms with E-state index in [1.165, 1.54) is 16.7 Å². The zero-order chi connectivity index (χ0) is 17.6. The number of carbonyl (C=O) groups is 1. The molecule has 1 amide bonds. The van der Waals surface area contributed by atoms with E-state index < -0.39 is 5.60 Å². The first-order valence-corrected chi connectivity index (χ1v) is 9.17. The molecule has 4 heteroatoms. The van der Waals surface area contributed by atoms with Gasteiger partial charge in [0.05, 0.1) is 0 Å². The fraction of sp³-hybridized carbons (Fsp3) is 0.632. The number of nitrogens with zero attached hydrogens (tertiary/aromatic N) is 1. The van der Waals surface area contributed by atoms with Crippen molar-refractivity contribution in [2.24, 2.45) is 0 Å². The lowest BCUT2D eigenvalue weighted by Crippen LogP contribution is -2.37. The summed E-state index contributed by atoms with van der Waals surface area (Å²) < 4.78 is 6.66. The van der Waals surface area contributed by atoms with Crippen LogP contribution in [0.2, 0.25) is 0 Å². The second-order valence-electron chi connectivity index (χ2n) is 7.13. The van der Waals surface area contributed by atoms with Crippen molar-refractivity contribution >= 4 is 22.0 Å². The number of hydrogen-bond donors (Lipinski definition) is 0. The van der Waals surface area contributed by atoms with Gasteiger partial charge in [0.2, 0.25) is 0 Å². The molecular weight excluding hydrogens is 354 g/mol. The van der Waals surface area contributed by atoms with Crippen molar-refractivity contribution in [1.29, 1.82) is 0 Å². The van der Waals surface area contributed by atoms with Crippen LogP contribution >= 0.6 is 15.9 Å². The Hall–Kier alpha value is -1.03. The van der Waals surface area contributed by atoms with Gasteiger partial charge in [-0.15, -0.1) is 0 Å². The summed E-state index contributed by atoms with van der Waals surface area (Å²) in [6.07, 6.45) is 3.04. The van der Waals surface area contributed by atoms with Gasteiger partial charge in [-0.1, -0.05) is 35.7 Å². The highest BCUT2D eigenvalue weighted by Crippen LogP contribution is 2.23. The van der Waals surface area contributed by atoms with Crippen molar-refractivity contribution in [2.75, 3.05) is 6.54 Å². The minimum atomic E-state index is -0.468. The third kappa shape index (κ3) is 6.94. The van der Waals surface area contributed by atoms with Gasteiger partial charge in [-0.3, -0.25) is 0 Å². The standard InChI is InChI=1S/C19H30BrNO2/c1-7-8-9-10-21(18(22)23-19(4,5)6)13-17-14(2)11-16(20)12-15(17)3/h11-12H,7-10,13H2,1-6H3. The van der Waals surface area contributed by atoms with Gasteiger partial charge in [0.25, 0.3) is 0 Å². The van der Waals surface area contributed by atoms with Crippen LogP contribution in [0.1, 0.15) is 63.6 Å². The van der Waals surface area contributed by atoms with E-state index in [1.54, 1.807) is 0 Å². The van der Waals surface area contributed by atoms with Gasteiger partial charge in [0.1, 0.15) is 5.60 Å². The molecule has 0 radical (unpaired) electrons. The fourth-order valence-electron chi connectivity index (χ4n) is 2.49. The van der Waals surface area contributed by atoms with Crippen molar-refractivity contribution in [3.05, 3.63) is 33.3 Å². The minimum absolute atomic E-state index is 0.227. The first-order chi connectivity index (χ1) is 10.6. The summed E-state index contributed by atoms with van der Waals surface area (Å²) in [5.41, 5.74) is 3.13. The maximum absolute atomic E-state index is 12.5. The number of ether oxygens (including phenoxy) is 1. The lowest BCUT2D eigenvalue weighted by atomic mass is 10.0. The van der Waals surface area contributed by atoms with E-state index in [2.05, 4.69) is 48.8 Å². The number of benzene rings is 1. The van der Waals surface area contributed by atoms with Gasteiger partial charge >= 0.3 is 6.09 Å². The maximum Gasteiger partial charge on any atom is 0.410 e. The molecule has 0 fully saturated rings. The van der Waals surface area contributed by atoms with Crippen molar-refractivity contribution < 1.29 is 9.53 Å². The number of carbonyl (C=O) groups excluding carboxylic acids is 1. The summed E-state index contributed by atoms with van der Waals surface area (Å²) in [6, 6.07) is 4.20. The topological polar surface area (TPSA) is 29.5 Å². The normalized spacial score (nSPS) is 11.4. The molecule has 0 aliphatic heterocycles. The van der Waals surface area contributed by atoms with Gasteiger partial charge < -0.3 is 9.64 Å². The molecule has 3 nitrogen and oxygen atoms in total. The molecule has 0 atom stereocenters. The first-order valence-electron chi connectivity index (χ1n) is 8.37. The van der Waals surface area contributed by atoms with Crippen molar-refractivity contribution in [3.8, 4) is 0 Å². The molecule has 0 N–H and O–H groups in total. The maximum atomic E-state index is 12.5. The second kappa shape index (κ2) is 8.72. The van der Waals surface area contributed by atoms with E-state index in [9.17, 15) is 4.79 Å². The largest absolute Gasteiger partial charge is 0.444 e. The molecule has 130 valence electrons. The fourth-order valence-corrected chi connectivity index (χ4v) is 3.18. The van der Waals surface area contributed by atoms with E-state index >= 15 is 0 Å². The molecule has 0 aliphatic rings. The molecule has 0 bridgehead atoms. The highest BCUT2D eigenvalue weighted by atomic mass is 79.9. The quantitative estimate of drug-likeness (QED) is 0.564. The third-order valence-corrected chi connectivity index (χ3v) is 4.15. The average Bonchev–Trinajstić information content (AvgIpc) is 2.38. The van der Waals surface area contributed by atoms with Crippen LogP contribution in [-0.4, -0.2) is 23.1 Å². The molecule has 0 unspecified atom stereocenters. The number of hydrogen-bond acceptors (Lipinski definition) is 2. The molecular formula is C19H30BrNO2. The summed E-state index contributed by atoms with van der Waals surface area (Å²) in [5, 5.41) is 0. The molecule has 0 saturated heterocycles. The smallest absolute Gasteiger partial charge is 0.410 e. The average molecular weight is 384 g/mol. The molecule has 1 aromatic rings. The van der Waals surface area contributed by atoms with Crippen LogP contribution in [-0.2, 0) is 11.3 Å². The van der Waals surface area contributed by atoms with Gasteiger partial charge in [-0.2, -0.15) is 0 Å². The molecule has 0 spiro atoms. The number of rotatable bonds is 6. The Labute approximate surface area is 149 Å². The van der Waals surface area contributed by atoms with E-state index in [4.69, 9.17) is 4.74 Å². The lowest BCUT2D eigenvalue weighted by molar-refractivity contribution is 0.0230. The summed E-state index contributed by atoms with van der Waals surface area (Å²) in [7, 11) is 0. The van der Waals surface area contributed by atoms with E-state index in [-0.39, 0.29) is 6.09 Å².